The molecule has 3 rings (SSSR count). The van der Waals surface area contributed by atoms with Crippen LogP contribution in [0.2, 0.25) is 0 Å². The third-order valence-electron chi connectivity index (χ3n) is 4.03. The van der Waals surface area contributed by atoms with Crippen LogP contribution in [0.5, 0.6) is 6.01 Å². The van der Waals surface area contributed by atoms with E-state index in [9.17, 15) is 4.79 Å². The van der Waals surface area contributed by atoms with E-state index in [1.807, 2.05) is 21.7 Å². The van der Waals surface area contributed by atoms with Crippen molar-refractivity contribution in [2.75, 3.05) is 13.1 Å². The van der Waals surface area contributed by atoms with Crippen LogP contribution in [0, 0.1) is 0 Å². The van der Waals surface area contributed by atoms with Gasteiger partial charge in [-0.3, -0.25) is 4.79 Å². The summed E-state index contributed by atoms with van der Waals surface area (Å²) in [4.78, 5) is 22.8. The zero-order valence-electron chi connectivity index (χ0n) is 13.3. The lowest BCUT2D eigenvalue weighted by Gasteiger charge is -2.32. The molecule has 2 aromatic rings. The molecule has 6 heteroatoms. The standard InChI is InChI=1S/C17H21N3O2S/c1-2-13-9-18-17(19-10-13)22-15-4-3-6-20(11-15)16(21)8-14-5-7-23-12-14/h5,7,9-10,12,15H,2-4,6,8,11H2,1H3. The quantitative estimate of drug-likeness (QED) is 0.845. The number of hydrogen-bond acceptors (Lipinski definition) is 5. The molecule has 0 aliphatic carbocycles. The molecule has 1 aliphatic rings. The molecule has 23 heavy (non-hydrogen) atoms. The van der Waals surface area contributed by atoms with Crippen molar-refractivity contribution in [3.63, 3.8) is 0 Å². The van der Waals surface area contributed by atoms with Crippen molar-refractivity contribution >= 4 is 17.2 Å². The monoisotopic (exact) mass is 331 g/mol. The van der Waals surface area contributed by atoms with E-state index in [4.69, 9.17) is 4.74 Å². The first kappa shape index (κ1) is 15.9. The molecule has 0 saturated carbocycles. The first-order valence-electron chi connectivity index (χ1n) is 8.01. The molecule has 5 nitrogen and oxygen atoms in total. The molecule has 0 radical (unpaired) electrons. The lowest BCUT2D eigenvalue weighted by atomic mass is 10.1. The molecule has 122 valence electrons. The Kier molecular flexibility index (Phi) is 5.23. The number of carbonyl (C=O) groups is 1. The van der Waals surface area contributed by atoms with Gasteiger partial charge in [0.25, 0.3) is 0 Å². The van der Waals surface area contributed by atoms with Gasteiger partial charge in [-0.05, 0) is 47.2 Å². The fourth-order valence-corrected chi connectivity index (χ4v) is 3.34. The Morgan fingerprint density at radius 1 is 1.39 bits per heavy atom. The maximum Gasteiger partial charge on any atom is 0.316 e. The maximum atomic E-state index is 12.4. The molecule has 0 N–H and O–H groups in total. The van der Waals surface area contributed by atoms with Gasteiger partial charge in [-0.15, -0.1) is 0 Å². The van der Waals surface area contributed by atoms with E-state index in [1.165, 1.54) is 0 Å². The van der Waals surface area contributed by atoms with Crippen LogP contribution >= 0.6 is 11.3 Å². The predicted molar refractivity (Wildman–Crippen MR) is 89.7 cm³/mol. The number of hydrogen-bond donors (Lipinski definition) is 0. The van der Waals surface area contributed by atoms with Crippen LogP contribution in [-0.4, -0.2) is 40.0 Å². The van der Waals surface area contributed by atoms with Crippen molar-refractivity contribution in [1.82, 2.24) is 14.9 Å². The Balaban J connectivity index is 1.55. The largest absolute Gasteiger partial charge is 0.458 e. The molecule has 1 saturated heterocycles. The summed E-state index contributed by atoms with van der Waals surface area (Å²) < 4.78 is 5.86. The average Bonchev–Trinajstić information content (AvgIpc) is 3.09. The molecule has 1 fully saturated rings. The molecule has 0 aromatic carbocycles. The van der Waals surface area contributed by atoms with E-state index in [1.54, 1.807) is 23.7 Å². The number of thiophene rings is 1. The highest BCUT2D eigenvalue weighted by atomic mass is 32.1. The highest BCUT2D eigenvalue weighted by molar-refractivity contribution is 7.07. The van der Waals surface area contributed by atoms with Crippen LogP contribution in [0.25, 0.3) is 0 Å². The zero-order chi connectivity index (χ0) is 16.1. The van der Waals surface area contributed by atoms with E-state index in [0.29, 0.717) is 19.0 Å². The van der Waals surface area contributed by atoms with Gasteiger partial charge in [0.05, 0.1) is 13.0 Å². The molecular weight excluding hydrogens is 310 g/mol. The lowest BCUT2D eigenvalue weighted by Crippen LogP contribution is -2.45. The van der Waals surface area contributed by atoms with Crippen molar-refractivity contribution in [3.05, 3.63) is 40.3 Å². The number of amides is 1. The summed E-state index contributed by atoms with van der Waals surface area (Å²) in [5, 5.41) is 4.03. The smallest absolute Gasteiger partial charge is 0.316 e. The predicted octanol–water partition coefficient (Wildman–Crippen LogP) is 2.71. The summed E-state index contributed by atoms with van der Waals surface area (Å²) in [7, 11) is 0. The van der Waals surface area contributed by atoms with Gasteiger partial charge in [0, 0.05) is 18.9 Å². The van der Waals surface area contributed by atoms with Crippen molar-refractivity contribution in [2.24, 2.45) is 0 Å². The Morgan fingerprint density at radius 2 is 2.22 bits per heavy atom. The minimum Gasteiger partial charge on any atom is -0.458 e. The summed E-state index contributed by atoms with van der Waals surface area (Å²) in [6.45, 7) is 3.48. The SMILES string of the molecule is CCc1cnc(OC2CCCN(C(=O)Cc3ccsc3)C2)nc1. The summed E-state index contributed by atoms with van der Waals surface area (Å²) in [5.74, 6) is 0.166. The molecule has 0 bridgehead atoms. The molecular formula is C17H21N3O2S. The van der Waals surface area contributed by atoms with Crippen LogP contribution in [0.4, 0.5) is 0 Å². The minimum absolute atomic E-state index is 0.0253. The first-order chi connectivity index (χ1) is 11.2. The Hall–Kier alpha value is -1.95. The third-order valence-corrected chi connectivity index (χ3v) is 4.76. The van der Waals surface area contributed by atoms with Gasteiger partial charge in [0.15, 0.2) is 0 Å². The number of carbonyl (C=O) groups excluding carboxylic acids is 1. The normalized spacial score (nSPS) is 18.0. The first-order valence-corrected chi connectivity index (χ1v) is 8.95. The number of nitrogens with zero attached hydrogens (tertiary/aromatic N) is 3. The number of rotatable bonds is 5. The van der Waals surface area contributed by atoms with E-state index in [-0.39, 0.29) is 12.0 Å². The highest BCUT2D eigenvalue weighted by Crippen LogP contribution is 2.17. The third kappa shape index (κ3) is 4.28. The van der Waals surface area contributed by atoms with Crippen LogP contribution in [0.15, 0.2) is 29.2 Å². The Morgan fingerprint density at radius 3 is 2.91 bits per heavy atom. The molecule has 1 aliphatic heterocycles. The minimum atomic E-state index is -0.0253. The van der Waals surface area contributed by atoms with Crippen molar-refractivity contribution in [1.29, 1.82) is 0 Å². The lowest BCUT2D eigenvalue weighted by molar-refractivity contribution is -0.133. The fraction of sp³-hybridized carbons (Fsp3) is 0.471. The number of piperidine rings is 1. The Bertz CT molecular complexity index is 628. The number of ether oxygens (including phenoxy) is 1. The molecule has 2 aromatic heterocycles. The molecule has 0 spiro atoms. The van der Waals surface area contributed by atoms with E-state index < -0.39 is 0 Å². The van der Waals surface area contributed by atoms with E-state index >= 15 is 0 Å². The number of likely N-dealkylation sites (tertiary alicyclic amines) is 1. The van der Waals surface area contributed by atoms with Crippen LogP contribution in [0.3, 0.4) is 0 Å². The maximum absolute atomic E-state index is 12.4. The topological polar surface area (TPSA) is 55.3 Å². The summed E-state index contributed by atoms with van der Waals surface area (Å²) in [6.07, 6.45) is 6.83. The van der Waals surface area contributed by atoms with Gasteiger partial charge in [-0.25, -0.2) is 9.97 Å². The second-order valence-electron chi connectivity index (χ2n) is 5.76. The molecule has 3 heterocycles. The van der Waals surface area contributed by atoms with Crippen molar-refractivity contribution in [3.8, 4) is 6.01 Å². The van der Waals surface area contributed by atoms with Gasteiger partial charge in [-0.1, -0.05) is 6.92 Å². The van der Waals surface area contributed by atoms with Crippen LogP contribution < -0.4 is 4.74 Å². The second-order valence-corrected chi connectivity index (χ2v) is 6.54. The van der Waals surface area contributed by atoms with E-state index in [0.717, 1.165) is 36.9 Å². The van der Waals surface area contributed by atoms with Crippen molar-refractivity contribution in [2.45, 2.75) is 38.7 Å². The van der Waals surface area contributed by atoms with Gasteiger partial charge in [-0.2, -0.15) is 11.3 Å². The highest BCUT2D eigenvalue weighted by Gasteiger charge is 2.25. The second kappa shape index (κ2) is 7.55. The Labute approximate surface area is 140 Å². The van der Waals surface area contributed by atoms with Gasteiger partial charge in [0.2, 0.25) is 5.91 Å². The zero-order valence-corrected chi connectivity index (χ0v) is 14.1. The number of aromatic nitrogens is 2. The van der Waals surface area contributed by atoms with Crippen molar-refractivity contribution < 1.29 is 9.53 Å². The molecule has 1 atom stereocenters. The average molecular weight is 331 g/mol. The summed E-state index contributed by atoms with van der Waals surface area (Å²) in [5.41, 5.74) is 2.18. The fourth-order valence-electron chi connectivity index (χ4n) is 2.68. The molecule has 1 amide bonds. The van der Waals surface area contributed by atoms with Crippen LogP contribution in [-0.2, 0) is 17.6 Å². The van der Waals surface area contributed by atoms with Gasteiger partial charge < -0.3 is 9.64 Å². The van der Waals surface area contributed by atoms with Crippen LogP contribution in [0.1, 0.15) is 30.9 Å². The van der Waals surface area contributed by atoms with Gasteiger partial charge in [0.1, 0.15) is 6.10 Å². The van der Waals surface area contributed by atoms with E-state index in [2.05, 4.69) is 16.9 Å². The number of aryl methyl sites for hydroxylation is 1. The summed E-state index contributed by atoms with van der Waals surface area (Å²) >= 11 is 1.62. The van der Waals surface area contributed by atoms with Gasteiger partial charge >= 0.3 is 6.01 Å². The summed E-state index contributed by atoms with van der Waals surface area (Å²) in [6, 6.07) is 2.41. The molecule has 1 unspecified atom stereocenters.